The van der Waals surface area contributed by atoms with Crippen LogP contribution in [0, 0.1) is 0 Å². The molecule has 5 rings (SSSR count). The van der Waals surface area contributed by atoms with Crippen LogP contribution < -0.4 is 19.5 Å². The van der Waals surface area contributed by atoms with Crippen molar-refractivity contribution in [2.45, 2.75) is 64.0 Å². The second-order valence-corrected chi connectivity index (χ2v) is 16.1. The molecule has 2 heterocycles. The number of methoxy groups -OCH3 is 1. The van der Waals surface area contributed by atoms with Gasteiger partial charge in [0, 0.05) is 11.3 Å². The Kier molecular flexibility index (Phi) is 6.44. The fraction of sp³-hybridized carbons (Fsp3) is 0.367. The smallest absolute Gasteiger partial charge is 0.265 e. The van der Waals surface area contributed by atoms with Gasteiger partial charge in [0.05, 0.1) is 12.8 Å². The molecule has 2 aliphatic heterocycles. The number of ether oxygens (including phenoxy) is 1. The van der Waals surface area contributed by atoms with Crippen molar-refractivity contribution < 1.29 is 14.0 Å². The van der Waals surface area contributed by atoms with Gasteiger partial charge in [-0.15, -0.1) is 0 Å². The van der Waals surface area contributed by atoms with Gasteiger partial charge in [0.15, 0.2) is 11.9 Å². The first-order valence-electron chi connectivity index (χ1n) is 13.0. The SMILES string of the molecule is COc1ccc([C@H]2N(Nc3ccccc3)C(=O)C3CCc4ccccc4N32)cc1O[Si](C)(C)C(C)(C)C. The third kappa shape index (κ3) is 4.57. The topological polar surface area (TPSA) is 54.0 Å². The number of hydrogen-bond acceptors (Lipinski definition) is 5. The van der Waals surface area contributed by atoms with E-state index in [0.717, 1.165) is 35.5 Å². The molecule has 1 saturated heterocycles. The number of hydrazine groups is 1. The molecule has 0 aromatic heterocycles. The standard InChI is InChI=1S/C30H37N3O3Si/c1-30(2,3)37(5,6)36-27-20-22(17-19-26(27)35-4)28-32-24-15-11-10-12-21(24)16-18-25(32)29(34)33(28)31-23-13-8-7-9-14-23/h7-15,17,19-20,25,28,31H,16,18H2,1-6H3/t25?,28-/m1/s1. The Morgan fingerprint density at radius 3 is 2.35 bits per heavy atom. The van der Waals surface area contributed by atoms with Gasteiger partial charge >= 0.3 is 0 Å². The van der Waals surface area contributed by atoms with Crippen LogP contribution in [0.2, 0.25) is 18.1 Å². The molecule has 0 saturated carbocycles. The molecular weight excluding hydrogens is 478 g/mol. The highest BCUT2D eigenvalue weighted by molar-refractivity contribution is 6.74. The van der Waals surface area contributed by atoms with Crippen LogP contribution in [0.3, 0.4) is 0 Å². The Morgan fingerprint density at radius 2 is 1.65 bits per heavy atom. The Balaban J connectivity index is 1.62. The summed E-state index contributed by atoms with van der Waals surface area (Å²) in [7, 11) is -0.456. The molecule has 0 bridgehead atoms. The van der Waals surface area contributed by atoms with Gasteiger partial charge in [-0.3, -0.25) is 10.2 Å². The number of carbonyl (C=O) groups is 1. The van der Waals surface area contributed by atoms with Gasteiger partial charge < -0.3 is 14.1 Å². The number of para-hydroxylation sites is 2. The summed E-state index contributed by atoms with van der Waals surface area (Å²) in [6, 6.07) is 24.1. The van der Waals surface area contributed by atoms with Gasteiger partial charge in [-0.05, 0) is 66.9 Å². The zero-order valence-electron chi connectivity index (χ0n) is 22.6. The van der Waals surface area contributed by atoms with Crippen molar-refractivity contribution in [3.05, 3.63) is 83.9 Å². The first-order chi connectivity index (χ1) is 17.6. The average molecular weight is 516 g/mol. The van der Waals surface area contributed by atoms with Crippen LogP contribution in [0.15, 0.2) is 72.8 Å². The van der Waals surface area contributed by atoms with Crippen LogP contribution in [0.5, 0.6) is 11.5 Å². The first kappa shape index (κ1) is 25.2. The van der Waals surface area contributed by atoms with Crippen molar-refractivity contribution in [3.63, 3.8) is 0 Å². The monoisotopic (exact) mass is 515 g/mol. The van der Waals surface area contributed by atoms with Gasteiger partial charge in [0.25, 0.3) is 14.2 Å². The zero-order chi connectivity index (χ0) is 26.4. The van der Waals surface area contributed by atoms with Crippen molar-refractivity contribution in [3.8, 4) is 11.5 Å². The van der Waals surface area contributed by atoms with Crippen molar-refractivity contribution in [2.24, 2.45) is 0 Å². The number of amides is 1. The molecule has 6 nitrogen and oxygen atoms in total. The molecule has 0 spiro atoms. The zero-order valence-corrected chi connectivity index (χ0v) is 23.6. The van der Waals surface area contributed by atoms with Gasteiger partial charge in [0.2, 0.25) is 0 Å². The third-order valence-corrected chi connectivity index (χ3v) is 12.3. The van der Waals surface area contributed by atoms with Crippen LogP contribution in [-0.4, -0.2) is 32.4 Å². The maximum absolute atomic E-state index is 13.9. The maximum Gasteiger partial charge on any atom is 0.265 e. The van der Waals surface area contributed by atoms with E-state index < -0.39 is 8.32 Å². The minimum Gasteiger partial charge on any atom is -0.541 e. The van der Waals surface area contributed by atoms with E-state index in [1.165, 1.54) is 5.56 Å². The molecule has 2 atom stereocenters. The number of anilines is 2. The summed E-state index contributed by atoms with van der Waals surface area (Å²) in [6.45, 7) is 11.2. The Bertz CT molecular complexity index is 1290. The Morgan fingerprint density at radius 1 is 0.946 bits per heavy atom. The van der Waals surface area contributed by atoms with E-state index in [2.05, 4.69) is 80.6 Å². The lowest BCUT2D eigenvalue weighted by Crippen LogP contribution is -2.44. The summed E-state index contributed by atoms with van der Waals surface area (Å²) in [5.74, 6) is 1.51. The molecule has 1 fully saturated rings. The van der Waals surface area contributed by atoms with E-state index >= 15 is 0 Å². The normalized spacial score (nSPS) is 19.4. The second-order valence-electron chi connectivity index (χ2n) is 11.4. The van der Waals surface area contributed by atoms with Gasteiger partial charge in [-0.2, -0.15) is 0 Å². The number of carbonyl (C=O) groups excluding carboxylic acids is 1. The van der Waals surface area contributed by atoms with E-state index in [1.807, 2.05) is 36.4 Å². The molecule has 194 valence electrons. The molecule has 0 radical (unpaired) electrons. The van der Waals surface area contributed by atoms with Crippen molar-refractivity contribution in [1.29, 1.82) is 0 Å². The number of nitrogens with zero attached hydrogens (tertiary/aromatic N) is 2. The second kappa shape index (κ2) is 9.45. The summed E-state index contributed by atoms with van der Waals surface area (Å²) >= 11 is 0. The highest BCUT2D eigenvalue weighted by Crippen LogP contribution is 2.47. The Hall–Kier alpha value is -3.45. The number of hydrogen-bond donors (Lipinski definition) is 1. The largest absolute Gasteiger partial charge is 0.541 e. The fourth-order valence-corrected chi connectivity index (χ4v) is 5.98. The van der Waals surface area contributed by atoms with Crippen molar-refractivity contribution >= 4 is 25.6 Å². The lowest BCUT2D eigenvalue weighted by molar-refractivity contribution is -0.128. The third-order valence-electron chi connectivity index (χ3n) is 8.00. The lowest BCUT2D eigenvalue weighted by Gasteiger charge is -2.38. The first-order valence-corrected chi connectivity index (χ1v) is 15.9. The van der Waals surface area contributed by atoms with E-state index in [0.29, 0.717) is 5.75 Å². The summed E-state index contributed by atoms with van der Waals surface area (Å²) in [4.78, 5) is 16.2. The van der Waals surface area contributed by atoms with Crippen LogP contribution in [-0.2, 0) is 11.2 Å². The van der Waals surface area contributed by atoms with Crippen molar-refractivity contribution in [1.82, 2.24) is 5.01 Å². The molecule has 7 heteroatoms. The van der Waals surface area contributed by atoms with Gasteiger partial charge in [-0.25, -0.2) is 5.01 Å². The summed E-state index contributed by atoms with van der Waals surface area (Å²) in [5, 5.41) is 1.83. The minimum atomic E-state index is -2.13. The van der Waals surface area contributed by atoms with E-state index in [1.54, 1.807) is 12.1 Å². The quantitative estimate of drug-likeness (QED) is 0.367. The van der Waals surface area contributed by atoms with Gasteiger partial charge in [-0.1, -0.05) is 63.2 Å². The molecule has 1 N–H and O–H groups in total. The molecular formula is C30H37N3O3Si. The predicted molar refractivity (Wildman–Crippen MR) is 152 cm³/mol. The maximum atomic E-state index is 13.9. The Labute approximate surface area is 221 Å². The number of benzene rings is 3. The fourth-order valence-electron chi connectivity index (χ4n) is 4.96. The summed E-state index contributed by atoms with van der Waals surface area (Å²) in [5.41, 5.74) is 7.65. The lowest BCUT2D eigenvalue weighted by atomic mass is 9.95. The predicted octanol–water partition coefficient (Wildman–Crippen LogP) is 6.77. The van der Waals surface area contributed by atoms with E-state index in [4.69, 9.17) is 9.16 Å². The van der Waals surface area contributed by atoms with E-state index in [9.17, 15) is 4.79 Å². The van der Waals surface area contributed by atoms with Crippen LogP contribution >= 0.6 is 0 Å². The molecule has 3 aromatic carbocycles. The molecule has 1 amide bonds. The average Bonchev–Trinajstić information content (AvgIpc) is 3.15. The number of rotatable bonds is 6. The van der Waals surface area contributed by atoms with Crippen LogP contribution in [0.4, 0.5) is 11.4 Å². The number of fused-ring (bicyclic) bond motifs is 3. The molecule has 2 aliphatic rings. The van der Waals surface area contributed by atoms with Crippen LogP contribution in [0.1, 0.15) is 44.5 Å². The highest BCUT2D eigenvalue weighted by Gasteiger charge is 2.49. The minimum absolute atomic E-state index is 0.0369. The summed E-state index contributed by atoms with van der Waals surface area (Å²) < 4.78 is 12.5. The van der Waals surface area contributed by atoms with Crippen molar-refractivity contribution in [2.75, 3.05) is 17.4 Å². The highest BCUT2D eigenvalue weighted by atomic mass is 28.4. The van der Waals surface area contributed by atoms with E-state index in [-0.39, 0.29) is 23.2 Å². The molecule has 37 heavy (non-hydrogen) atoms. The van der Waals surface area contributed by atoms with Crippen LogP contribution in [0.25, 0.3) is 0 Å². The molecule has 3 aromatic rings. The molecule has 1 unspecified atom stereocenters. The number of aryl methyl sites for hydroxylation is 1. The molecule has 0 aliphatic carbocycles. The summed E-state index contributed by atoms with van der Waals surface area (Å²) in [6.07, 6.45) is 1.33. The number of nitrogens with one attached hydrogen (secondary N) is 1. The van der Waals surface area contributed by atoms with Gasteiger partial charge in [0.1, 0.15) is 11.8 Å².